The van der Waals surface area contributed by atoms with Crippen LogP contribution in [-0.2, 0) is 18.9 Å². The number of carbonyl (C=O) groups excluding carboxylic acids is 1. The maximum absolute atomic E-state index is 14.2. The van der Waals surface area contributed by atoms with Gasteiger partial charge in [-0.25, -0.2) is 14.7 Å². The summed E-state index contributed by atoms with van der Waals surface area (Å²) < 4.78 is 16.0. The van der Waals surface area contributed by atoms with Gasteiger partial charge in [0, 0.05) is 14.1 Å². The van der Waals surface area contributed by atoms with Crippen LogP contribution in [0.2, 0.25) is 0 Å². The molecule has 1 aromatic heterocycles. The molecule has 0 bridgehead atoms. The maximum atomic E-state index is 14.2. The third-order valence-corrected chi connectivity index (χ3v) is 3.76. The second-order valence-corrected chi connectivity index (χ2v) is 6.13. The number of carbonyl (C=O) groups is 1. The Bertz CT molecular complexity index is 981. The van der Waals surface area contributed by atoms with Crippen molar-refractivity contribution < 1.29 is 19.1 Å². The number of amides is 1. The van der Waals surface area contributed by atoms with E-state index in [2.05, 4.69) is 5.32 Å². The molecule has 1 unspecified atom stereocenters. The molecule has 146 valence electrons. The lowest BCUT2D eigenvalue weighted by Gasteiger charge is -2.17. The molecule has 0 radical (unpaired) electrons. The number of aryl methyl sites for hydroxylation is 1. The summed E-state index contributed by atoms with van der Waals surface area (Å²) in [7, 11) is 2.55. The number of benzene rings is 1. The standard InChI is InChI=1S/C17H21FN4O5/c1-9-5-6-12(11(18)7-9)19-14-13(15(24)20-27-8-10(2)23)16(25)22(4)17(26)21(14)3/h5-7,10,19,23H,8H2,1-4H3,(H,20,24). The Kier molecular flexibility index (Phi) is 6.13. The van der Waals surface area contributed by atoms with Crippen LogP contribution in [0, 0.1) is 12.7 Å². The Morgan fingerprint density at radius 3 is 2.56 bits per heavy atom. The summed E-state index contributed by atoms with van der Waals surface area (Å²) in [6, 6.07) is 4.33. The zero-order valence-electron chi connectivity index (χ0n) is 15.4. The van der Waals surface area contributed by atoms with Gasteiger partial charge < -0.3 is 10.4 Å². The van der Waals surface area contributed by atoms with Crippen LogP contribution in [-0.4, -0.2) is 32.9 Å². The highest BCUT2D eigenvalue weighted by atomic mass is 19.1. The summed E-state index contributed by atoms with van der Waals surface area (Å²) in [6.07, 6.45) is -0.840. The van der Waals surface area contributed by atoms with Crippen LogP contribution in [0.4, 0.5) is 15.9 Å². The highest BCUT2D eigenvalue weighted by Crippen LogP contribution is 2.21. The fourth-order valence-electron chi connectivity index (χ4n) is 2.32. The molecule has 9 nitrogen and oxygen atoms in total. The molecule has 0 aliphatic rings. The summed E-state index contributed by atoms with van der Waals surface area (Å²) in [4.78, 5) is 42.0. The minimum absolute atomic E-state index is 0.0113. The lowest BCUT2D eigenvalue weighted by atomic mass is 10.2. The first kappa shape index (κ1) is 20.3. The van der Waals surface area contributed by atoms with Crippen LogP contribution in [0.3, 0.4) is 0 Å². The van der Waals surface area contributed by atoms with Gasteiger partial charge in [-0.1, -0.05) is 6.07 Å². The van der Waals surface area contributed by atoms with Crippen LogP contribution in [0.15, 0.2) is 27.8 Å². The first-order valence-electron chi connectivity index (χ1n) is 8.06. The normalized spacial score (nSPS) is 11.9. The van der Waals surface area contributed by atoms with E-state index in [0.29, 0.717) is 5.56 Å². The lowest BCUT2D eigenvalue weighted by molar-refractivity contribution is -0.00696. The number of aliphatic hydroxyl groups is 1. The molecule has 10 heteroatoms. The number of aromatic nitrogens is 2. The van der Waals surface area contributed by atoms with Gasteiger partial charge in [0.05, 0.1) is 11.8 Å². The van der Waals surface area contributed by atoms with Crippen LogP contribution in [0.25, 0.3) is 0 Å². The predicted octanol–water partition coefficient (Wildman–Crippen LogP) is 0.317. The molecule has 1 aromatic carbocycles. The number of rotatable bonds is 6. The SMILES string of the molecule is Cc1ccc(Nc2c(C(=O)NOCC(C)O)c(=O)n(C)c(=O)n2C)c(F)c1. The van der Waals surface area contributed by atoms with E-state index >= 15 is 0 Å². The summed E-state index contributed by atoms with van der Waals surface area (Å²) in [5.74, 6) is -1.74. The molecule has 3 N–H and O–H groups in total. The van der Waals surface area contributed by atoms with Gasteiger partial charge in [-0.05, 0) is 31.5 Å². The van der Waals surface area contributed by atoms with Crippen molar-refractivity contribution in [3.8, 4) is 0 Å². The van der Waals surface area contributed by atoms with Gasteiger partial charge in [0.1, 0.15) is 23.8 Å². The Morgan fingerprint density at radius 1 is 1.30 bits per heavy atom. The molecule has 0 aliphatic carbocycles. The van der Waals surface area contributed by atoms with Gasteiger partial charge in [0.25, 0.3) is 11.5 Å². The van der Waals surface area contributed by atoms with Crippen LogP contribution < -0.4 is 22.0 Å². The van der Waals surface area contributed by atoms with E-state index in [9.17, 15) is 23.9 Å². The average Bonchev–Trinajstić information content (AvgIpc) is 2.59. The molecule has 2 aromatic rings. The third kappa shape index (κ3) is 4.41. The second kappa shape index (κ2) is 8.14. The third-order valence-electron chi connectivity index (χ3n) is 3.76. The number of nitrogens with one attached hydrogen (secondary N) is 2. The van der Waals surface area contributed by atoms with Crippen molar-refractivity contribution >= 4 is 17.4 Å². The highest BCUT2D eigenvalue weighted by molar-refractivity contribution is 5.98. The first-order chi connectivity index (χ1) is 12.6. The Balaban J connectivity index is 2.53. The van der Waals surface area contributed by atoms with Gasteiger partial charge in [0.15, 0.2) is 0 Å². The number of aliphatic hydroxyl groups excluding tert-OH is 1. The molecule has 1 atom stereocenters. The Hall–Kier alpha value is -2.98. The van der Waals surface area contributed by atoms with Crippen molar-refractivity contribution in [2.24, 2.45) is 14.1 Å². The number of halogens is 1. The molecule has 1 amide bonds. The summed E-state index contributed by atoms with van der Waals surface area (Å²) in [5.41, 5.74) is 0.683. The van der Waals surface area contributed by atoms with Crippen molar-refractivity contribution in [2.45, 2.75) is 20.0 Å². The van der Waals surface area contributed by atoms with Crippen molar-refractivity contribution in [2.75, 3.05) is 11.9 Å². The summed E-state index contributed by atoms with van der Waals surface area (Å²) in [6.45, 7) is 2.96. The number of nitrogens with zero attached hydrogens (tertiary/aromatic N) is 2. The smallest absolute Gasteiger partial charge is 0.332 e. The molecule has 1 heterocycles. The minimum Gasteiger partial charge on any atom is -0.391 e. The molecular weight excluding hydrogens is 359 g/mol. The average molecular weight is 380 g/mol. The van der Waals surface area contributed by atoms with E-state index in [1.54, 1.807) is 13.0 Å². The number of hydrogen-bond acceptors (Lipinski definition) is 6. The lowest BCUT2D eigenvalue weighted by Crippen LogP contribution is -2.43. The van der Waals surface area contributed by atoms with E-state index in [-0.39, 0.29) is 18.1 Å². The Morgan fingerprint density at radius 2 is 1.96 bits per heavy atom. The maximum Gasteiger partial charge on any atom is 0.332 e. The van der Waals surface area contributed by atoms with Gasteiger partial charge in [-0.15, -0.1) is 0 Å². The van der Waals surface area contributed by atoms with Crippen molar-refractivity contribution in [3.63, 3.8) is 0 Å². The monoisotopic (exact) mass is 380 g/mol. The molecule has 0 saturated carbocycles. The predicted molar refractivity (Wildman–Crippen MR) is 96.4 cm³/mol. The van der Waals surface area contributed by atoms with E-state index in [1.165, 1.54) is 33.2 Å². The quantitative estimate of drug-likeness (QED) is 0.622. The van der Waals surface area contributed by atoms with E-state index in [0.717, 1.165) is 9.13 Å². The fraction of sp³-hybridized carbons (Fsp3) is 0.353. The van der Waals surface area contributed by atoms with E-state index < -0.39 is 34.6 Å². The molecule has 27 heavy (non-hydrogen) atoms. The van der Waals surface area contributed by atoms with Crippen LogP contribution in [0.5, 0.6) is 0 Å². The van der Waals surface area contributed by atoms with Gasteiger partial charge in [0.2, 0.25) is 0 Å². The zero-order valence-corrected chi connectivity index (χ0v) is 15.4. The summed E-state index contributed by atoms with van der Waals surface area (Å²) in [5, 5.41) is 11.8. The number of hydroxylamine groups is 1. The first-order valence-corrected chi connectivity index (χ1v) is 8.06. The molecule has 0 fully saturated rings. The topological polar surface area (TPSA) is 115 Å². The van der Waals surface area contributed by atoms with Gasteiger partial charge >= 0.3 is 5.69 Å². The number of hydrogen-bond donors (Lipinski definition) is 3. The van der Waals surface area contributed by atoms with E-state index in [4.69, 9.17) is 4.84 Å². The zero-order chi connectivity index (χ0) is 20.3. The largest absolute Gasteiger partial charge is 0.391 e. The van der Waals surface area contributed by atoms with Crippen molar-refractivity contribution in [1.29, 1.82) is 0 Å². The fourth-order valence-corrected chi connectivity index (χ4v) is 2.32. The summed E-state index contributed by atoms with van der Waals surface area (Å²) >= 11 is 0. The van der Waals surface area contributed by atoms with Crippen LogP contribution in [0.1, 0.15) is 22.8 Å². The van der Waals surface area contributed by atoms with Gasteiger partial charge in [-0.3, -0.25) is 23.6 Å². The molecular formula is C17H21FN4O5. The van der Waals surface area contributed by atoms with Crippen molar-refractivity contribution in [3.05, 3.63) is 56.0 Å². The molecule has 0 saturated heterocycles. The molecule has 0 aliphatic heterocycles. The number of anilines is 2. The van der Waals surface area contributed by atoms with Gasteiger partial charge in [-0.2, -0.15) is 0 Å². The highest BCUT2D eigenvalue weighted by Gasteiger charge is 2.23. The second-order valence-electron chi connectivity index (χ2n) is 6.13. The molecule has 2 rings (SSSR count). The molecule has 0 spiro atoms. The van der Waals surface area contributed by atoms with Crippen LogP contribution >= 0.6 is 0 Å². The minimum atomic E-state index is -0.943. The van der Waals surface area contributed by atoms with Crippen molar-refractivity contribution in [1.82, 2.24) is 14.6 Å². The van der Waals surface area contributed by atoms with E-state index in [1.807, 2.05) is 5.48 Å². The Labute approximate surface area is 154 Å².